The summed E-state index contributed by atoms with van der Waals surface area (Å²) in [4.78, 5) is 25.3. The molecule has 0 bridgehead atoms. The van der Waals surface area contributed by atoms with E-state index in [9.17, 15) is 14.7 Å². The number of benzene rings is 3. The van der Waals surface area contributed by atoms with Crippen LogP contribution in [0.15, 0.2) is 40.9 Å². The van der Waals surface area contributed by atoms with E-state index in [0.29, 0.717) is 25.5 Å². The van der Waals surface area contributed by atoms with Gasteiger partial charge in [-0.25, -0.2) is 9.59 Å². The molecule has 0 saturated carbocycles. The van der Waals surface area contributed by atoms with Crippen molar-refractivity contribution in [3.8, 4) is 16.9 Å². The van der Waals surface area contributed by atoms with Crippen LogP contribution in [0.25, 0.3) is 21.9 Å². The Balaban J connectivity index is 2.63. The lowest BCUT2D eigenvalue weighted by Gasteiger charge is -2.19. The van der Waals surface area contributed by atoms with Gasteiger partial charge >= 0.3 is 11.9 Å². The number of hydrogen-bond donors (Lipinski definition) is 1. The molecule has 0 aliphatic rings. The molecular weight excluding hydrogens is 471 g/mol. The summed E-state index contributed by atoms with van der Waals surface area (Å²) in [6.45, 7) is 0. The zero-order valence-corrected chi connectivity index (χ0v) is 17.8. The molecule has 0 aliphatic carbocycles. The van der Waals surface area contributed by atoms with Gasteiger partial charge in [0.15, 0.2) is 0 Å². The van der Waals surface area contributed by atoms with Crippen molar-refractivity contribution in [2.75, 3.05) is 14.2 Å². The molecule has 144 valence electrons. The van der Waals surface area contributed by atoms with Crippen LogP contribution in [0.4, 0.5) is 0 Å². The van der Waals surface area contributed by atoms with E-state index in [-0.39, 0.29) is 27.8 Å². The van der Waals surface area contributed by atoms with Crippen molar-refractivity contribution in [1.29, 1.82) is 0 Å². The standard InChI is InChI=1S/C20H13BrCl2O5/c1-27-19(25)16-11-5-3-9(22)7-12(11)18(24)17(20(26)28-2)15(16)13-8-10(23)4-6-14(13)21/h3-8,24H,1-2H3. The minimum atomic E-state index is -0.827. The monoisotopic (exact) mass is 482 g/mol. The van der Waals surface area contributed by atoms with Gasteiger partial charge in [0.2, 0.25) is 0 Å². The van der Waals surface area contributed by atoms with Gasteiger partial charge in [0.05, 0.1) is 19.8 Å². The number of ether oxygens (including phenoxy) is 2. The number of esters is 2. The predicted octanol–water partition coefficient (Wildman–Crippen LogP) is 5.85. The van der Waals surface area contributed by atoms with Crippen LogP contribution >= 0.6 is 39.1 Å². The first-order valence-electron chi connectivity index (χ1n) is 7.90. The highest BCUT2D eigenvalue weighted by Gasteiger charge is 2.30. The molecule has 0 radical (unpaired) electrons. The number of methoxy groups -OCH3 is 2. The molecule has 0 atom stereocenters. The highest BCUT2D eigenvalue weighted by molar-refractivity contribution is 9.10. The van der Waals surface area contributed by atoms with Crippen molar-refractivity contribution in [2.24, 2.45) is 0 Å². The van der Waals surface area contributed by atoms with Gasteiger partial charge in [-0.3, -0.25) is 0 Å². The van der Waals surface area contributed by atoms with Crippen LogP contribution < -0.4 is 0 Å². The maximum absolute atomic E-state index is 12.7. The molecule has 0 spiro atoms. The average molecular weight is 484 g/mol. The minimum Gasteiger partial charge on any atom is -0.506 e. The molecule has 3 aromatic rings. The lowest BCUT2D eigenvalue weighted by Crippen LogP contribution is -2.12. The predicted molar refractivity (Wildman–Crippen MR) is 111 cm³/mol. The van der Waals surface area contributed by atoms with E-state index in [1.165, 1.54) is 20.3 Å². The molecule has 5 nitrogen and oxygen atoms in total. The van der Waals surface area contributed by atoms with E-state index >= 15 is 0 Å². The third-order valence-corrected chi connectivity index (χ3v) is 5.38. The van der Waals surface area contributed by atoms with Crippen LogP contribution in [0.2, 0.25) is 10.0 Å². The molecule has 0 saturated heterocycles. The molecule has 0 heterocycles. The second-order valence-corrected chi connectivity index (χ2v) is 7.50. The smallest absolute Gasteiger partial charge is 0.342 e. The minimum absolute atomic E-state index is 0.0790. The lowest BCUT2D eigenvalue weighted by atomic mass is 9.88. The largest absolute Gasteiger partial charge is 0.506 e. The Morgan fingerprint density at radius 1 is 0.893 bits per heavy atom. The number of carbonyl (C=O) groups is 2. The Kier molecular flexibility index (Phi) is 5.84. The summed E-state index contributed by atoms with van der Waals surface area (Å²) in [6.07, 6.45) is 0. The Bertz CT molecular complexity index is 1130. The van der Waals surface area contributed by atoms with Gasteiger partial charge in [0, 0.05) is 30.9 Å². The molecule has 0 aliphatic heterocycles. The van der Waals surface area contributed by atoms with Crippen molar-refractivity contribution in [1.82, 2.24) is 0 Å². The van der Waals surface area contributed by atoms with E-state index in [4.69, 9.17) is 32.7 Å². The number of fused-ring (bicyclic) bond motifs is 1. The summed E-state index contributed by atoms with van der Waals surface area (Å²) in [7, 11) is 2.41. The van der Waals surface area contributed by atoms with Gasteiger partial charge in [-0.15, -0.1) is 0 Å². The maximum Gasteiger partial charge on any atom is 0.342 e. The molecule has 8 heteroatoms. The highest BCUT2D eigenvalue weighted by Crippen LogP contribution is 2.45. The summed E-state index contributed by atoms with van der Waals surface area (Å²) >= 11 is 15.6. The van der Waals surface area contributed by atoms with Crippen LogP contribution in [0.3, 0.4) is 0 Å². The second kappa shape index (κ2) is 7.99. The van der Waals surface area contributed by atoms with Crippen molar-refractivity contribution in [2.45, 2.75) is 0 Å². The molecule has 0 amide bonds. The topological polar surface area (TPSA) is 72.8 Å². The Morgan fingerprint density at radius 3 is 2.11 bits per heavy atom. The van der Waals surface area contributed by atoms with Crippen molar-refractivity contribution < 1.29 is 24.2 Å². The summed E-state index contributed by atoms with van der Waals surface area (Å²) in [6, 6.07) is 9.49. The Labute approximate surface area is 178 Å². The van der Waals surface area contributed by atoms with Gasteiger partial charge < -0.3 is 14.6 Å². The van der Waals surface area contributed by atoms with Gasteiger partial charge in [-0.05, 0) is 35.9 Å². The fourth-order valence-corrected chi connectivity index (χ4v) is 3.81. The number of rotatable bonds is 3. The maximum atomic E-state index is 12.7. The van der Waals surface area contributed by atoms with Crippen LogP contribution in [0.1, 0.15) is 20.7 Å². The van der Waals surface area contributed by atoms with E-state index in [1.807, 2.05) is 0 Å². The fraction of sp³-hybridized carbons (Fsp3) is 0.100. The number of carbonyl (C=O) groups excluding carboxylic acids is 2. The SMILES string of the molecule is COC(=O)c1c(-c2cc(Cl)ccc2Br)c(C(=O)OC)c2ccc(Cl)cc2c1O. The van der Waals surface area contributed by atoms with Crippen LogP contribution in [-0.4, -0.2) is 31.3 Å². The molecule has 0 fully saturated rings. The molecule has 3 rings (SSSR count). The summed E-state index contributed by atoms with van der Waals surface area (Å²) < 4.78 is 10.4. The molecular formula is C20H13BrCl2O5. The third-order valence-electron chi connectivity index (χ3n) is 4.22. The van der Waals surface area contributed by atoms with Gasteiger partial charge in [-0.2, -0.15) is 0 Å². The zero-order valence-electron chi connectivity index (χ0n) is 14.7. The molecule has 28 heavy (non-hydrogen) atoms. The van der Waals surface area contributed by atoms with Gasteiger partial charge in [0.25, 0.3) is 0 Å². The first kappa shape index (κ1) is 20.5. The summed E-state index contributed by atoms with van der Waals surface area (Å²) in [5, 5.41) is 12.2. The molecule has 0 aromatic heterocycles. The highest BCUT2D eigenvalue weighted by atomic mass is 79.9. The number of halogens is 3. The normalized spacial score (nSPS) is 10.8. The number of hydrogen-bond acceptors (Lipinski definition) is 5. The van der Waals surface area contributed by atoms with Crippen LogP contribution in [0, 0.1) is 0 Å². The average Bonchev–Trinajstić information content (AvgIpc) is 2.68. The first-order valence-corrected chi connectivity index (χ1v) is 9.45. The Morgan fingerprint density at radius 2 is 1.46 bits per heavy atom. The van der Waals surface area contributed by atoms with E-state index in [0.717, 1.165) is 0 Å². The number of phenols is 1. The van der Waals surface area contributed by atoms with Gasteiger partial charge in [0.1, 0.15) is 11.3 Å². The quantitative estimate of drug-likeness (QED) is 0.472. The zero-order chi connectivity index (χ0) is 20.6. The fourth-order valence-electron chi connectivity index (χ4n) is 3.02. The summed E-state index contributed by atoms with van der Waals surface area (Å²) in [5.41, 5.74) is 0.441. The van der Waals surface area contributed by atoms with Crippen LogP contribution in [-0.2, 0) is 9.47 Å². The van der Waals surface area contributed by atoms with Crippen molar-refractivity contribution >= 4 is 61.8 Å². The number of aromatic hydroxyl groups is 1. The molecule has 0 unspecified atom stereocenters. The van der Waals surface area contributed by atoms with E-state index < -0.39 is 11.9 Å². The van der Waals surface area contributed by atoms with E-state index in [2.05, 4.69) is 15.9 Å². The molecule has 1 N–H and O–H groups in total. The summed E-state index contributed by atoms with van der Waals surface area (Å²) in [5.74, 6) is -1.88. The van der Waals surface area contributed by atoms with Gasteiger partial charge in [-0.1, -0.05) is 45.2 Å². The van der Waals surface area contributed by atoms with Crippen molar-refractivity contribution in [3.63, 3.8) is 0 Å². The van der Waals surface area contributed by atoms with Crippen LogP contribution in [0.5, 0.6) is 5.75 Å². The number of phenolic OH excluding ortho intramolecular Hbond substituents is 1. The third kappa shape index (κ3) is 3.43. The van der Waals surface area contributed by atoms with Crippen molar-refractivity contribution in [3.05, 3.63) is 62.0 Å². The first-order chi connectivity index (χ1) is 13.3. The van der Waals surface area contributed by atoms with E-state index in [1.54, 1.807) is 30.3 Å². The molecule has 3 aromatic carbocycles. The second-order valence-electron chi connectivity index (χ2n) is 5.77. The lowest BCUT2D eigenvalue weighted by molar-refractivity contribution is 0.0598. The Hall–Kier alpha value is -2.28.